The number of H-pyrrole nitrogens is 1. The van der Waals surface area contributed by atoms with Gasteiger partial charge in [0, 0.05) is 25.9 Å². The molecule has 1 aliphatic rings. The molecule has 1 fully saturated rings. The number of nitrogens with one attached hydrogen (secondary N) is 1. The molecule has 0 amide bonds. The number of hydrogen-bond donors (Lipinski definition) is 1. The highest BCUT2D eigenvalue weighted by Gasteiger charge is 2.24. The fourth-order valence-corrected chi connectivity index (χ4v) is 3.90. The van der Waals surface area contributed by atoms with Crippen molar-refractivity contribution in [3.63, 3.8) is 0 Å². The zero-order chi connectivity index (χ0) is 20.5. The number of nitrogens with zero attached hydrogens (tertiary/aromatic N) is 4. The van der Waals surface area contributed by atoms with Crippen molar-refractivity contribution < 1.29 is 4.74 Å². The Bertz CT molecular complexity index is 1230. The van der Waals surface area contributed by atoms with Crippen molar-refractivity contribution in [3.05, 3.63) is 76.2 Å². The van der Waals surface area contributed by atoms with E-state index in [1.165, 1.54) is 0 Å². The minimum absolute atomic E-state index is 0.0754. The van der Waals surface area contributed by atoms with E-state index >= 15 is 0 Å². The summed E-state index contributed by atoms with van der Waals surface area (Å²) in [5.74, 6) is 1.26. The van der Waals surface area contributed by atoms with Crippen molar-refractivity contribution in [2.24, 2.45) is 0 Å². The first-order valence-electron chi connectivity index (χ1n) is 9.88. The topological polar surface area (TPSA) is 76.0 Å². The third kappa shape index (κ3) is 3.52. The highest BCUT2D eigenvalue weighted by Crippen LogP contribution is 2.27. The lowest BCUT2D eigenvalue weighted by molar-refractivity contribution is 0.170. The Labute approximate surface area is 177 Å². The first-order chi connectivity index (χ1) is 14.7. The summed E-state index contributed by atoms with van der Waals surface area (Å²) in [6.45, 7) is 1.45. The van der Waals surface area contributed by atoms with E-state index in [0.717, 1.165) is 31.6 Å². The molecule has 0 radical (unpaired) electrons. The van der Waals surface area contributed by atoms with Gasteiger partial charge in [0.1, 0.15) is 17.2 Å². The monoisotopic (exact) mass is 421 g/mol. The van der Waals surface area contributed by atoms with Gasteiger partial charge >= 0.3 is 0 Å². The van der Waals surface area contributed by atoms with Crippen molar-refractivity contribution in [2.75, 3.05) is 18.0 Å². The minimum atomic E-state index is -0.188. The Morgan fingerprint density at radius 2 is 1.77 bits per heavy atom. The van der Waals surface area contributed by atoms with E-state index in [-0.39, 0.29) is 11.7 Å². The van der Waals surface area contributed by atoms with Crippen molar-refractivity contribution >= 4 is 28.6 Å². The van der Waals surface area contributed by atoms with Gasteiger partial charge in [-0.1, -0.05) is 41.9 Å². The van der Waals surface area contributed by atoms with Crippen LogP contribution in [0, 0.1) is 0 Å². The van der Waals surface area contributed by atoms with Gasteiger partial charge in [0.25, 0.3) is 5.56 Å². The Hall–Kier alpha value is -3.32. The highest BCUT2D eigenvalue weighted by molar-refractivity contribution is 6.32. The van der Waals surface area contributed by atoms with Crippen molar-refractivity contribution in [1.29, 1.82) is 0 Å². The molecule has 1 saturated heterocycles. The van der Waals surface area contributed by atoms with Crippen LogP contribution in [0.4, 0.5) is 5.95 Å². The summed E-state index contributed by atoms with van der Waals surface area (Å²) < 4.78 is 7.76. The van der Waals surface area contributed by atoms with E-state index in [4.69, 9.17) is 21.3 Å². The van der Waals surface area contributed by atoms with E-state index in [9.17, 15) is 4.79 Å². The second-order valence-corrected chi connectivity index (χ2v) is 7.66. The van der Waals surface area contributed by atoms with Crippen LogP contribution in [0.15, 0.2) is 65.6 Å². The van der Waals surface area contributed by atoms with Gasteiger partial charge in [0.2, 0.25) is 5.95 Å². The normalized spacial score (nSPS) is 14.9. The molecular weight excluding hydrogens is 402 g/mol. The lowest BCUT2D eigenvalue weighted by Crippen LogP contribution is -2.39. The van der Waals surface area contributed by atoms with Gasteiger partial charge in [-0.2, -0.15) is 10.1 Å². The molecular formula is C22H20ClN5O2. The summed E-state index contributed by atoms with van der Waals surface area (Å²) in [4.78, 5) is 22.3. The first kappa shape index (κ1) is 18.7. The minimum Gasteiger partial charge on any atom is -0.489 e. The molecule has 2 aromatic heterocycles. The van der Waals surface area contributed by atoms with Crippen LogP contribution in [0.1, 0.15) is 12.8 Å². The molecule has 152 valence electrons. The summed E-state index contributed by atoms with van der Waals surface area (Å²) in [6, 6.07) is 17.2. The van der Waals surface area contributed by atoms with Crippen LogP contribution in [0.2, 0.25) is 5.02 Å². The summed E-state index contributed by atoms with van der Waals surface area (Å²) in [5.41, 5.74) is 1.23. The van der Waals surface area contributed by atoms with Crippen LogP contribution >= 0.6 is 11.6 Å². The van der Waals surface area contributed by atoms with Crippen LogP contribution in [-0.2, 0) is 0 Å². The van der Waals surface area contributed by atoms with Crippen LogP contribution < -0.4 is 15.2 Å². The van der Waals surface area contributed by atoms with Crippen LogP contribution in [0.3, 0.4) is 0 Å². The van der Waals surface area contributed by atoms with Crippen molar-refractivity contribution in [1.82, 2.24) is 19.7 Å². The number of piperidine rings is 1. The van der Waals surface area contributed by atoms with Gasteiger partial charge in [-0.15, -0.1) is 0 Å². The third-order valence-corrected chi connectivity index (χ3v) is 5.61. The number of benzene rings is 2. The van der Waals surface area contributed by atoms with E-state index < -0.39 is 0 Å². The SMILES string of the molecule is O=c1[nH]c(N2CCC(Oc3ccccc3Cl)CC2)nc2c1cnn2-c1ccccc1. The molecule has 0 bridgehead atoms. The molecule has 7 nitrogen and oxygen atoms in total. The number of fused-ring (bicyclic) bond motifs is 1. The van der Waals surface area contributed by atoms with Gasteiger partial charge in [-0.3, -0.25) is 9.78 Å². The summed E-state index contributed by atoms with van der Waals surface area (Å²) >= 11 is 6.20. The smallest absolute Gasteiger partial charge is 0.263 e. The number of rotatable bonds is 4. The second kappa shape index (κ2) is 7.84. The summed E-state index contributed by atoms with van der Waals surface area (Å²) in [7, 11) is 0. The quantitative estimate of drug-likeness (QED) is 0.542. The van der Waals surface area contributed by atoms with Gasteiger partial charge in [-0.05, 0) is 24.3 Å². The molecule has 1 N–H and O–H groups in total. The number of aromatic amines is 1. The summed E-state index contributed by atoms with van der Waals surface area (Å²) in [5, 5.41) is 5.45. The lowest BCUT2D eigenvalue weighted by Gasteiger charge is -2.32. The van der Waals surface area contributed by atoms with Crippen LogP contribution in [0.25, 0.3) is 16.7 Å². The predicted octanol–water partition coefficient (Wildman–Crippen LogP) is 3.81. The Balaban J connectivity index is 1.37. The van der Waals surface area contributed by atoms with Gasteiger partial charge in [-0.25, -0.2) is 4.68 Å². The first-order valence-corrected chi connectivity index (χ1v) is 10.3. The maximum Gasteiger partial charge on any atom is 0.263 e. The molecule has 4 aromatic rings. The predicted molar refractivity (Wildman–Crippen MR) is 117 cm³/mol. The molecule has 8 heteroatoms. The van der Waals surface area contributed by atoms with Crippen molar-refractivity contribution in [3.8, 4) is 11.4 Å². The van der Waals surface area contributed by atoms with Gasteiger partial charge in [0.05, 0.1) is 16.9 Å². The average molecular weight is 422 g/mol. The number of ether oxygens (including phenoxy) is 1. The van der Waals surface area contributed by atoms with E-state index in [1.807, 2.05) is 54.6 Å². The van der Waals surface area contributed by atoms with Gasteiger partial charge < -0.3 is 9.64 Å². The van der Waals surface area contributed by atoms with Gasteiger partial charge in [0.15, 0.2) is 5.65 Å². The largest absolute Gasteiger partial charge is 0.489 e. The Morgan fingerprint density at radius 1 is 1.03 bits per heavy atom. The highest BCUT2D eigenvalue weighted by atomic mass is 35.5. The second-order valence-electron chi connectivity index (χ2n) is 7.25. The molecule has 2 aromatic carbocycles. The fourth-order valence-electron chi connectivity index (χ4n) is 3.72. The van der Waals surface area contributed by atoms with E-state index in [2.05, 4.69) is 15.0 Å². The maximum absolute atomic E-state index is 12.6. The molecule has 0 unspecified atom stereocenters. The molecule has 0 spiro atoms. The lowest BCUT2D eigenvalue weighted by atomic mass is 10.1. The standard InChI is InChI=1S/C22H20ClN5O2/c23-18-8-4-5-9-19(18)30-16-10-12-27(13-11-16)22-25-20-17(21(29)26-22)14-24-28(20)15-6-2-1-3-7-15/h1-9,14,16H,10-13H2,(H,25,26,29). The van der Waals surface area contributed by atoms with Crippen LogP contribution in [0.5, 0.6) is 5.75 Å². The zero-order valence-corrected chi connectivity index (χ0v) is 16.9. The molecule has 0 aliphatic carbocycles. The number of para-hydroxylation sites is 2. The van der Waals surface area contributed by atoms with E-state index in [1.54, 1.807) is 10.9 Å². The fraction of sp³-hybridized carbons (Fsp3) is 0.227. The van der Waals surface area contributed by atoms with E-state index in [0.29, 0.717) is 27.8 Å². The molecule has 30 heavy (non-hydrogen) atoms. The molecule has 0 atom stereocenters. The molecule has 5 rings (SSSR count). The Kier molecular flexibility index (Phi) is 4.88. The molecule has 3 heterocycles. The molecule has 0 saturated carbocycles. The average Bonchev–Trinajstić information content (AvgIpc) is 3.21. The Morgan fingerprint density at radius 3 is 2.53 bits per heavy atom. The third-order valence-electron chi connectivity index (χ3n) is 5.30. The maximum atomic E-state index is 12.6. The zero-order valence-electron chi connectivity index (χ0n) is 16.2. The summed E-state index contributed by atoms with van der Waals surface area (Å²) in [6.07, 6.45) is 3.25. The molecule has 1 aliphatic heterocycles. The number of aromatic nitrogens is 4. The van der Waals surface area contributed by atoms with Crippen molar-refractivity contribution in [2.45, 2.75) is 18.9 Å². The number of anilines is 1. The number of hydrogen-bond acceptors (Lipinski definition) is 5. The number of halogens is 1. The van der Waals surface area contributed by atoms with Crippen LogP contribution in [-0.4, -0.2) is 38.9 Å².